The van der Waals surface area contributed by atoms with Gasteiger partial charge in [-0.15, -0.1) is 0 Å². The quantitative estimate of drug-likeness (QED) is 0.306. The summed E-state index contributed by atoms with van der Waals surface area (Å²) in [5.74, 6) is -3.53. The van der Waals surface area contributed by atoms with Gasteiger partial charge < -0.3 is 30.7 Å². The molecule has 1 amide bonds. The van der Waals surface area contributed by atoms with Crippen LogP contribution < -0.4 is 10.6 Å². The number of phenols is 1. The second-order valence-corrected chi connectivity index (χ2v) is 4.98. The van der Waals surface area contributed by atoms with Gasteiger partial charge in [0.2, 0.25) is 5.91 Å². The lowest BCUT2D eigenvalue weighted by Crippen LogP contribution is -2.40. The average molecular weight is 340 g/mol. The number of rotatable bonds is 10. The SMILES string of the molecule is COCCCNC(CC(=O)Nc1ccc(O)c(C(=O)O)c1)C(=O)O. The summed E-state index contributed by atoms with van der Waals surface area (Å²) in [4.78, 5) is 34.0. The second-order valence-electron chi connectivity index (χ2n) is 4.98. The van der Waals surface area contributed by atoms with Crippen molar-refractivity contribution in [3.8, 4) is 5.75 Å². The third-order valence-electron chi connectivity index (χ3n) is 3.11. The number of carbonyl (C=O) groups is 3. The van der Waals surface area contributed by atoms with Gasteiger partial charge in [-0.3, -0.25) is 9.59 Å². The number of ether oxygens (including phenoxy) is 1. The van der Waals surface area contributed by atoms with Crippen molar-refractivity contribution in [2.75, 3.05) is 25.6 Å². The van der Waals surface area contributed by atoms with Crippen LogP contribution in [0, 0.1) is 0 Å². The Bertz CT molecular complexity index is 603. The molecule has 132 valence electrons. The number of nitrogens with one attached hydrogen (secondary N) is 2. The highest BCUT2D eigenvalue weighted by Crippen LogP contribution is 2.21. The number of methoxy groups -OCH3 is 1. The summed E-state index contributed by atoms with van der Waals surface area (Å²) in [5, 5.41) is 32.6. The van der Waals surface area contributed by atoms with Crippen LogP contribution in [-0.2, 0) is 14.3 Å². The van der Waals surface area contributed by atoms with Crippen molar-refractivity contribution in [2.24, 2.45) is 0 Å². The van der Waals surface area contributed by atoms with Gasteiger partial charge in [0.05, 0.1) is 6.42 Å². The first kappa shape index (κ1) is 19.4. The topological polar surface area (TPSA) is 145 Å². The zero-order valence-electron chi connectivity index (χ0n) is 13.1. The minimum absolute atomic E-state index is 0.152. The number of anilines is 1. The van der Waals surface area contributed by atoms with Crippen LogP contribution in [0.15, 0.2) is 18.2 Å². The van der Waals surface area contributed by atoms with Crippen LogP contribution in [0.5, 0.6) is 5.75 Å². The van der Waals surface area contributed by atoms with Crippen LogP contribution in [-0.4, -0.2) is 59.5 Å². The van der Waals surface area contributed by atoms with E-state index in [0.717, 1.165) is 12.1 Å². The molecular formula is C15H20N2O7. The third-order valence-corrected chi connectivity index (χ3v) is 3.11. The molecular weight excluding hydrogens is 320 g/mol. The van der Waals surface area contributed by atoms with Gasteiger partial charge in [-0.2, -0.15) is 0 Å². The molecule has 0 saturated carbocycles. The first-order valence-corrected chi connectivity index (χ1v) is 7.16. The Morgan fingerprint density at radius 2 is 1.96 bits per heavy atom. The van der Waals surface area contributed by atoms with Crippen LogP contribution in [0.4, 0.5) is 5.69 Å². The molecule has 1 aromatic carbocycles. The van der Waals surface area contributed by atoms with Crippen molar-refractivity contribution in [1.29, 1.82) is 0 Å². The fourth-order valence-corrected chi connectivity index (χ4v) is 1.92. The molecule has 0 aliphatic carbocycles. The van der Waals surface area contributed by atoms with E-state index in [-0.39, 0.29) is 17.7 Å². The van der Waals surface area contributed by atoms with Crippen molar-refractivity contribution in [1.82, 2.24) is 5.32 Å². The van der Waals surface area contributed by atoms with Crippen molar-refractivity contribution in [2.45, 2.75) is 18.9 Å². The average Bonchev–Trinajstić information content (AvgIpc) is 2.51. The van der Waals surface area contributed by atoms with E-state index in [2.05, 4.69) is 10.6 Å². The van der Waals surface area contributed by atoms with E-state index in [1.807, 2.05) is 0 Å². The van der Waals surface area contributed by atoms with Crippen molar-refractivity contribution in [3.63, 3.8) is 0 Å². The predicted molar refractivity (Wildman–Crippen MR) is 84.2 cm³/mol. The minimum atomic E-state index is -1.34. The molecule has 0 aliphatic heterocycles. The number of amides is 1. The Balaban J connectivity index is 2.64. The van der Waals surface area contributed by atoms with E-state index in [9.17, 15) is 19.5 Å². The number of carbonyl (C=O) groups excluding carboxylic acids is 1. The molecule has 0 aliphatic rings. The van der Waals surface area contributed by atoms with Crippen LogP contribution in [0.3, 0.4) is 0 Å². The standard InChI is InChI=1S/C15H20N2O7/c1-24-6-2-5-16-11(15(22)23)8-13(19)17-9-3-4-12(18)10(7-9)14(20)21/h3-4,7,11,16,18H,2,5-6,8H2,1H3,(H,17,19)(H,20,21)(H,22,23). The minimum Gasteiger partial charge on any atom is -0.507 e. The molecule has 1 unspecified atom stereocenters. The van der Waals surface area contributed by atoms with Gasteiger partial charge in [0.25, 0.3) is 0 Å². The summed E-state index contributed by atoms with van der Waals surface area (Å²) >= 11 is 0. The van der Waals surface area contributed by atoms with Crippen molar-refractivity contribution in [3.05, 3.63) is 23.8 Å². The van der Waals surface area contributed by atoms with Gasteiger partial charge in [0.1, 0.15) is 17.4 Å². The summed E-state index contributed by atoms with van der Waals surface area (Å²) in [6.45, 7) is 0.845. The van der Waals surface area contributed by atoms with Gasteiger partial charge >= 0.3 is 11.9 Å². The Labute approximate surface area is 138 Å². The maximum absolute atomic E-state index is 11.9. The number of aromatic hydroxyl groups is 1. The van der Waals surface area contributed by atoms with Gasteiger partial charge in [0.15, 0.2) is 0 Å². The highest BCUT2D eigenvalue weighted by Gasteiger charge is 2.21. The van der Waals surface area contributed by atoms with E-state index in [4.69, 9.17) is 14.9 Å². The second kappa shape index (κ2) is 9.48. The lowest BCUT2D eigenvalue weighted by molar-refractivity contribution is -0.141. The predicted octanol–water partition coefficient (Wildman–Crippen LogP) is 0.498. The zero-order chi connectivity index (χ0) is 18.1. The lowest BCUT2D eigenvalue weighted by atomic mass is 10.1. The Morgan fingerprint density at radius 1 is 1.25 bits per heavy atom. The molecule has 0 heterocycles. The Kier molecular flexibility index (Phi) is 7.66. The summed E-state index contributed by atoms with van der Waals surface area (Å²) in [6.07, 6.45) is 0.271. The number of hydrogen-bond acceptors (Lipinski definition) is 6. The molecule has 0 radical (unpaired) electrons. The Hall–Kier alpha value is -2.65. The number of carboxylic acids is 2. The molecule has 0 bridgehead atoms. The van der Waals surface area contributed by atoms with Gasteiger partial charge in [0, 0.05) is 19.4 Å². The molecule has 5 N–H and O–H groups in total. The van der Waals surface area contributed by atoms with Crippen LogP contribution in [0.2, 0.25) is 0 Å². The summed E-state index contributed by atoms with van der Waals surface area (Å²) in [7, 11) is 1.53. The number of aromatic carboxylic acids is 1. The monoisotopic (exact) mass is 340 g/mol. The van der Waals surface area contributed by atoms with Crippen LogP contribution in [0.1, 0.15) is 23.2 Å². The molecule has 9 heteroatoms. The molecule has 0 spiro atoms. The van der Waals surface area contributed by atoms with Crippen molar-refractivity contribution >= 4 is 23.5 Å². The number of carboxylic acid groups (broad SMARTS) is 2. The largest absolute Gasteiger partial charge is 0.507 e. The molecule has 0 fully saturated rings. The van der Waals surface area contributed by atoms with Crippen LogP contribution >= 0.6 is 0 Å². The number of aliphatic carboxylic acids is 1. The van der Waals surface area contributed by atoms with E-state index < -0.39 is 29.6 Å². The van der Waals surface area contributed by atoms with Gasteiger partial charge in [-0.25, -0.2) is 4.79 Å². The van der Waals surface area contributed by atoms with Gasteiger partial charge in [-0.05, 0) is 31.2 Å². The number of hydrogen-bond donors (Lipinski definition) is 5. The molecule has 1 aromatic rings. The van der Waals surface area contributed by atoms with E-state index in [1.54, 1.807) is 0 Å². The first-order chi connectivity index (χ1) is 11.3. The molecule has 0 aromatic heterocycles. The van der Waals surface area contributed by atoms with Crippen LogP contribution in [0.25, 0.3) is 0 Å². The maximum atomic E-state index is 11.9. The molecule has 0 saturated heterocycles. The third kappa shape index (κ3) is 6.23. The summed E-state index contributed by atoms with van der Waals surface area (Å²) in [5.41, 5.74) is -0.209. The molecule has 1 rings (SSSR count). The highest BCUT2D eigenvalue weighted by atomic mass is 16.5. The lowest BCUT2D eigenvalue weighted by Gasteiger charge is -2.14. The van der Waals surface area contributed by atoms with E-state index in [1.165, 1.54) is 13.2 Å². The summed E-state index contributed by atoms with van der Waals surface area (Å²) in [6, 6.07) is 2.48. The van der Waals surface area contributed by atoms with E-state index >= 15 is 0 Å². The highest BCUT2D eigenvalue weighted by molar-refractivity contribution is 5.97. The smallest absolute Gasteiger partial charge is 0.339 e. The fourth-order valence-electron chi connectivity index (χ4n) is 1.92. The zero-order valence-corrected chi connectivity index (χ0v) is 13.1. The number of benzene rings is 1. The maximum Gasteiger partial charge on any atom is 0.339 e. The first-order valence-electron chi connectivity index (χ1n) is 7.16. The molecule has 9 nitrogen and oxygen atoms in total. The molecule has 24 heavy (non-hydrogen) atoms. The van der Waals surface area contributed by atoms with Crippen molar-refractivity contribution < 1.29 is 34.4 Å². The molecule has 1 atom stereocenters. The fraction of sp³-hybridized carbons (Fsp3) is 0.400. The normalized spacial score (nSPS) is 11.7. The van der Waals surface area contributed by atoms with E-state index in [0.29, 0.717) is 19.6 Å². The van der Waals surface area contributed by atoms with Gasteiger partial charge in [-0.1, -0.05) is 0 Å². The Morgan fingerprint density at radius 3 is 2.54 bits per heavy atom. The summed E-state index contributed by atoms with van der Waals surface area (Å²) < 4.78 is 4.85.